The van der Waals surface area contributed by atoms with Gasteiger partial charge in [-0.2, -0.15) is 0 Å². The summed E-state index contributed by atoms with van der Waals surface area (Å²) in [6.45, 7) is 3.12. The summed E-state index contributed by atoms with van der Waals surface area (Å²) in [4.78, 5) is 14.3. The minimum atomic E-state index is -3.52. The summed E-state index contributed by atoms with van der Waals surface area (Å²) in [6.07, 6.45) is 1.44. The van der Waals surface area contributed by atoms with Crippen LogP contribution < -0.4 is 15.0 Å². The number of pyridine rings is 1. The molecule has 0 aliphatic rings. The van der Waals surface area contributed by atoms with Gasteiger partial charge in [0.1, 0.15) is 11.6 Å². The number of aryl methyl sites for hydroxylation is 1. The zero-order chi connectivity index (χ0) is 21.2. The molecule has 9 heteroatoms. The Morgan fingerprint density at radius 2 is 1.79 bits per heavy atom. The highest BCUT2D eigenvalue weighted by Gasteiger charge is 2.15. The molecule has 1 aromatic heterocycles. The molecule has 0 unspecified atom stereocenters. The van der Waals surface area contributed by atoms with Gasteiger partial charge in [-0.1, -0.05) is 0 Å². The SMILES string of the molecule is CCS(=O)(=O)Nc1ccc(Oc2ccc(F)cc2F)c(-c2c[nH]c(=O)c(C)c2)c1. The van der Waals surface area contributed by atoms with Gasteiger partial charge in [-0.15, -0.1) is 0 Å². The highest BCUT2D eigenvalue weighted by atomic mass is 32.2. The van der Waals surface area contributed by atoms with Gasteiger partial charge in [-0.25, -0.2) is 17.2 Å². The summed E-state index contributed by atoms with van der Waals surface area (Å²) in [5.74, 6) is -1.74. The first kappa shape index (κ1) is 20.5. The third kappa shape index (κ3) is 4.80. The summed E-state index contributed by atoms with van der Waals surface area (Å²) in [7, 11) is -3.52. The molecular weight excluding hydrogens is 402 g/mol. The lowest BCUT2D eigenvalue weighted by molar-refractivity contribution is 0.439. The average Bonchev–Trinajstić information content (AvgIpc) is 2.67. The fraction of sp³-hybridized carbons (Fsp3) is 0.150. The van der Waals surface area contributed by atoms with Crippen molar-refractivity contribution in [1.82, 2.24) is 4.98 Å². The van der Waals surface area contributed by atoms with E-state index >= 15 is 0 Å². The Labute approximate surface area is 166 Å². The largest absolute Gasteiger partial charge is 0.454 e. The van der Waals surface area contributed by atoms with Crippen LogP contribution in [0.2, 0.25) is 0 Å². The number of anilines is 1. The number of benzene rings is 2. The Balaban J connectivity index is 2.11. The summed E-state index contributed by atoms with van der Waals surface area (Å²) >= 11 is 0. The molecule has 3 aromatic rings. The van der Waals surface area contributed by atoms with Crippen LogP contribution in [0.3, 0.4) is 0 Å². The van der Waals surface area contributed by atoms with Crippen LogP contribution in [-0.2, 0) is 10.0 Å². The third-order valence-electron chi connectivity index (χ3n) is 4.15. The number of hydrogen-bond acceptors (Lipinski definition) is 4. The molecule has 0 saturated carbocycles. The number of sulfonamides is 1. The molecule has 0 spiro atoms. The Morgan fingerprint density at radius 3 is 2.45 bits per heavy atom. The van der Waals surface area contributed by atoms with E-state index in [0.29, 0.717) is 22.8 Å². The fourth-order valence-electron chi connectivity index (χ4n) is 2.59. The first-order valence-corrected chi connectivity index (χ1v) is 10.3. The van der Waals surface area contributed by atoms with Gasteiger partial charge in [0, 0.05) is 34.6 Å². The Kier molecular flexibility index (Phi) is 5.69. The molecule has 6 nitrogen and oxygen atoms in total. The van der Waals surface area contributed by atoms with Gasteiger partial charge in [-0.05, 0) is 50.2 Å². The predicted molar refractivity (Wildman–Crippen MR) is 107 cm³/mol. The van der Waals surface area contributed by atoms with Crippen LogP contribution in [0.4, 0.5) is 14.5 Å². The first-order valence-electron chi connectivity index (χ1n) is 8.65. The molecule has 2 aromatic carbocycles. The Morgan fingerprint density at radius 1 is 1.07 bits per heavy atom. The van der Waals surface area contributed by atoms with E-state index in [1.54, 1.807) is 13.0 Å². The van der Waals surface area contributed by atoms with Crippen molar-refractivity contribution in [3.63, 3.8) is 0 Å². The van der Waals surface area contributed by atoms with Crippen molar-refractivity contribution >= 4 is 15.7 Å². The molecule has 0 radical (unpaired) electrons. The number of rotatable bonds is 6. The van der Waals surface area contributed by atoms with Crippen molar-refractivity contribution in [3.8, 4) is 22.6 Å². The zero-order valence-electron chi connectivity index (χ0n) is 15.6. The van der Waals surface area contributed by atoms with E-state index in [-0.39, 0.29) is 28.5 Å². The number of ether oxygens (including phenoxy) is 1. The summed E-state index contributed by atoms with van der Waals surface area (Å²) in [5.41, 5.74) is 1.36. The maximum Gasteiger partial charge on any atom is 0.250 e. The molecule has 0 aliphatic heterocycles. The van der Waals surface area contributed by atoms with E-state index in [1.165, 1.54) is 31.3 Å². The maximum absolute atomic E-state index is 14.0. The van der Waals surface area contributed by atoms with Gasteiger partial charge in [0.25, 0.3) is 5.56 Å². The van der Waals surface area contributed by atoms with Gasteiger partial charge in [0.05, 0.1) is 5.75 Å². The summed E-state index contributed by atoms with van der Waals surface area (Å²) < 4.78 is 59.0. The lowest BCUT2D eigenvalue weighted by Crippen LogP contribution is -2.14. The van der Waals surface area contributed by atoms with Crippen molar-refractivity contribution in [2.75, 3.05) is 10.5 Å². The van der Waals surface area contributed by atoms with Crippen LogP contribution in [0, 0.1) is 18.6 Å². The highest BCUT2D eigenvalue weighted by molar-refractivity contribution is 7.92. The van der Waals surface area contributed by atoms with E-state index in [9.17, 15) is 22.0 Å². The summed E-state index contributed by atoms with van der Waals surface area (Å²) in [6, 6.07) is 8.95. The zero-order valence-corrected chi connectivity index (χ0v) is 16.4. The van der Waals surface area contributed by atoms with Crippen LogP contribution in [0.1, 0.15) is 12.5 Å². The number of halogens is 2. The summed E-state index contributed by atoms with van der Waals surface area (Å²) in [5, 5.41) is 0. The quantitative estimate of drug-likeness (QED) is 0.626. The molecule has 0 saturated heterocycles. The van der Waals surface area contributed by atoms with Gasteiger partial charge in [-0.3, -0.25) is 9.52 Å². The molecule has 3 rings (SSSR count). The third-order valence-corrected chi connectivity index (χ3v) is 5.45. The maximum atomic E-state index is 14.0. The van der Waals surface area contributed by atoms with Crippen LogP contribution in [-0.4, -0.2) is 19.2 Å². The van der Waals surface area contributed by atoms with Crippen LogP contribution in [0.25, 0.3) is 11.1 Å². The van der Waals surface area contributed by atoms with Crippen LogP contribution in [0.15, 0.2) is 53.5 Å². The van der Waals surface area contributed by atoms with Gasteiger partial charge >= 0.3 is 0 Å². The second kappa shape index (κ2) is 8.04. The smallest absolute Gasteiger partial charge is 0.250 e. The second-order valence-corrected chi connectivity index (χ2v) is 8.30. The molecule has 1 heterocycles. The lowest BCUT2D eigenvalue weighted by Gasteiger charge is -2.15. The number of aromatic amines is 1. The topological polar surface area (TPSA) is 88.3 Å². The van der Waals surface area contributed by atoms with Crippen molar-refractivity contribution in [2.45, 2.75) is 13.8 Å². The second-order valence-electron chi connectivity index (χ2n) is 6.29. The molecule has 0 atom stereocenters. The minimum absolute atomic E-state index is 0.112. The van der Waals surface area contributed by atoms with E-state index in [4.69, 9.17) is 4.74 Å². The fourth-order valence-corrected chi connectivity index (χ4v) is 3.22. The van der Waals surface area contributed by atoms with Crippen molar-refractivity contribution in [3.05, 3.63) is 76.2 Å². The number of nitrogens with one attached hydrogen (secondary N) is 2. The molecule has 0 aliphatic carbocycles. The van der Waals surface area contributed by atoms with Crippen LogP contribution in [0.5, 0.6) is 11.5 Å². The molecule has 29 heavy (non-hydrogen) atoms. The van der Waals surface area contributed by atoms with Gasteiger partial charge < -0.3 is 9.72 Å². The van der Waals surface area contributed by atoms with Crippen molar-refractivity contribution in [1.29, 1.82) is 0 Å². The molecular formula is C20H18F2N2O4S. The molecule has 2 N–H and O–H groups in total. The first-order chi connectivity index (χ1) is 13.7. The average molecular weight is 420 g/mol. The standard InChI is InChI=1S/C20H18F2N2O4S/c1-3-29(26,27)24-15-5-7-18(28-19-6-4-14(21)9-17(19)22)16(10-15)13-8-12(2)20(25)23-11-13/h4-11,24H,3H2,1-2H3,(H,23,25). The molecule has 0 fully saturated rings. The molecule has 0 bridgehead atoms. The van der Waals surface area contributed by atoms with E-state index < -0.39 is 21.7 Å². The Bertz CT molecular complexity index is 1220. The molecule has 0 amide bonds. The number of H-pyrrole nitrogens is 1. The number of aromatic nitrogens is 1. The van der Waals surface area contributed by atoms with E-state index in [0.717, 1.165) is 12.1 Å². The van der Waals surface area contributed by atoms with Crippen molar-refractivity contribution in [2.24, 2.45) is 0 Å². The normalized spacial score (nSPS) is 11.3. The monoisotopic (exact) mass is 420 g/mol. The predicted octanol–water partition coefficient (Wildman–Crippen LogP) is 4.18. The molecule has 152 valence electrons. The van der Waals surface area contributed by atoms with Crippen LogP contribution >= 0.6 is 0 Å². The Hall–Kier alpha value is -3.20. The lowest BCUT2D eigenvalue weighted by atomic mass is 10.0. The van der Waals surface area contributed by atoms with E-state index in [2.05, 4.69) is 9.71 Å². The van der Waals surface area contributed by atoms with Crippen molar-refractivity contribution < 1.29 is 21.9 Å². The highest BCUT2D eigenvalue weighted by Crippen LogP contribution is 2.36. The van der Waals surface area contributed by atoms with Gasteiger partial charge in [0.2, 0.25) is 10.0 Å². The number of hydrogen-bond donors (Lipinski definition) is 2. The minimum Gasteiger partial charge on any atom is -0.454 e. The van der Waals surface area contributed by atoms with E-state index in [1.807, 2.05) is 0 Å². The van der Waals surface area contributed by atoms with Gasteiger partial charge in [0.15, 0.2) is 11.6 Å².